The number of rotatable bonds is 7. The number of benzene rings is 2. The summed E-state index contributed by atoms with van der Waals surface area (Å²) in [4.78, 5) is 14.4. The van der Waals surface area contributed by atoms with Crippen molar-refractivity contribution in [3.8, 4) is 17.1 Å². The molecule has 144 valence electrons. The summed E-state index contributed by atoms with van der Waals surface area (Å²) in [5.41, 5.74) is 4.19. The van der Waals surface area contributed by atoms with Gasteiger partial charge in [-0.1, -0.05) is 12.1 Å². The summed E-state index contributed by atoms with van der Waals surface area (Å²) in [6.07, 6.45) is 1.10. The van der Waals surface area contributed by atoms with Crippen molar-refractivity contribution in [2.24, 2.45) is 0 Å². The Labute approximate surface area is 164 Å². The van der Waals surface area contributed by atoms with Crippen LogP contribution in [-0.2, 0) is 11.3 Å². The molecular formula is C22H24N4O2. The normalized spacial score (nSPS) is 11.6. The van der Waals surface area contributed by atoms with Crippen LogP contribution in [-0.4, -0.2) is 39.3 Å². The highest BCUT2D eigenvalue weighted by atomic mass is 16.5. The predicted molar refractivity (Wildman–Crippen MR) is 111 cm³/mol. The molecule has 0 amide bonds. The van der Waals surface area contributed by atoms with E-state index in [4.69, 9.17) is 24.4 Å². The lowest BCUT2D eigenvalue weighted by molar-refractivity contribution is 0.0750. The molecule has 0 atom stereocenters. The molecule has 6 nitrogen and oxygen atoms in total. The van der Waals surface area contributed by atoms with Crippen LogP contribution in [0.15, 0.2) is 48.5 Å². The van der Waals surface area contributed by atoms with E-state index in [0.29, 0.717) is 12.3 Å². The molecular weight excluding hydrogens is 352 g/mol. The summed E-state index contributed by atoms with van der Waals surface area (Å²) in [6, 6.07) is 15.8. The predicted octanol–water partition coefficient (Wildman–Crippen LogP) is 4.47. The van der Waals surface area contributed by atoms with Gasteiger partial charge in [0.05, 0.1) is 24.2 Å². The van der Waals surface area contributed by atoms with Crippen LogP contribution in [0.3, 0.4) is 0 Å². The lowest BCUT2D eigenvalue weighted by Gasteiger charge is -2.11. The van der Waals surface area contributed by atoms with Crippen molar-refractivity contribution < 1.29 is 9.47 Å². The van der Waals surface area contributed by atoms with Gasteiger partial charge in [0, 0.05) is 18.7 Å². The summed E-state index contributed by atoms with van der Waals surface area (Å²) in [7, 11) is 1.67. The molecule has 0 unspecified atom stereocenters. The van der Waals surface area contributed by atoms with Crippen molar-refractivity contribution in [1.82, 2.24) is 19.5 Å². The molecule has 2 aromatic heterocycles. The number of methoxy groups -OCH3 is 1. The van der Waals surface area contributed by atoms with Gasteiger partial charge in [0.2, 0.25) is 0 Å². The quantitative estimate of drug-likeness (QED) is 0.445. The Hall–Kier alpha value is -2.99. The van der Waals surface area contributed by atoms with Gasteiger partial charge in [0.15, 0.2) is 11.3 Å². The van der Waals surface area contributed by atoms with Gasteiger partial charge >= 0.3 is 0 Å². The van der Waals surface area contributed by atoms with E-state index in [2.05, 4.69) is 4.57 Å². The zero-order chi connectivity index (χ0) is 19.5. The van der Waals surface area contributed by atoms with Crippen molar-refractivity contribution >= 4 is 22.3 Å². The third-order valence-electron chi connectivity index (χ3n) is 4.58. The third kappa shape index (κ3) is 3.68. The van der Waals surface area contributed by atoms with Gasteiger partial charge in [-0.25, -0.2) is 15.0 Å². The number of hydrogen-bond acceptors (Lipinski definition) is 5. The lowest BCUT2D eigenvalue weighted by Crippen LogP contribution is -2.08. The number of ether oxygens (including phenoxy) is 2. The van der Waals surface area contributed by atoms with Crippen molar-refractivity contribution in [2.75, 3.05) is 13.7 Å². The number of nitrogens with zero attached hydrogens (tertiary/aromatic N) is 4. The van der Waals surface area contributed by atoms with Gasteiger partial charge < -0.3 is 14.0 Å². The zero-order valence-electron chi connectivity index (χ0n) is 16.4. The summed E-state index contributed by atoms with van der Waals surface area (Å²) >= 11 is 0. The number of aryl methyl sites for hydroxylation is 1. The van der Waals surface area contributed by atoms with Gasteiger partial charge in [-0.15, -0.1) is 0 Å². The second kappa shape index (κ2) is 7.94. The fourth-order valence-electron chi connectivity index (χ4n) is 3.21. The molecule has 28 heavy (non-hydrogen) atoms. The smallest absolute Gasteiger partial charge is 0.198 e. The molecule has 0 saturated carbocycles. The van der Waals surface area contributed by atoms with Crippen molar-refractivity contribution in [1.29, 1.82) is 0 Å². The molecule has 0 aliphatic rings. The Bertz CT molecular complexity index is 1090. The minimum atomic E-state index is 0.226. The first kappa shape index (κ1) is 18.4. The van der Waals surface area contributed by atoms with Crippen LogP contribution in [0.2, 0.25) is 0 Å². The van der Waals surface area contributed by atoms with E-state index in [1.165, 1.54) is 0 Å². The molecule has 0 N–H and O–H groups in total. The monoisotopic (exact) mass is 376 g/mol. The summed E-state index contributed by atoms with van der Waals surface area (Å²) in [5, 5.41) is 0. The minimum absolute atomic E-state index is 0.226. The fourth-order valence-corrected chi connectivity index (χ4v) is 3.21. The molecule has 0 saturated heterocycles. The first-order chi connectivity index (χ1) is 13.7. The molecule has 0 aliphatic heterocycles. The molecule has 4 aromatic rings. The molecule has 0 fully saturated rings. The first-order valence-corrected chi connectivity index (χ1v) is 9.55. The van der Waals surface area contributed by atoms with Gasteiger partial charge in [0.25, 0.3) is 0 Å². The first-order valence-electron chi connectivity index (χ1n) is 9.55. The van der Waals surface area contributed by atoms with E-state index in [-0.39, 0.29) is 6.10 Å². The molecule has 4 rings (SSSR count). The van der Waals surface area contributed by atoms with E-state index < -0.39 is 0 Å². The Morgan fingerprint density at radius 2 is 1.64 bits per heavy atom. The highest BCUT2D eigenvalue weighted by molar-refractivity contribution is 5.84. The number of hydrogen-bond donors (Lipinski definition) is 0. The number of aromatic nitrogens is 4. The third-order valence-corrected chi connectivity index (χ3v) is 4.58. The second-order valence-electron chi connectivity index (χ2n) is 6.95. The highest BCUT2D eigenvalue weighted by Gasteiger charge is 2.16. The van der Waals surface area contributed by atoms with E-state index in [9.17, 15) is 0 Å². The van der Waals surface area contributed by atoms with Crippen molar-refractivity contribution in [3.63, 3.8) is 0 Å². The Morgan fingerprint density at radius 1 is 0.929 bits per heavy atom. The van der Waals surface area contributed by atoms with Gasteiger partial charge in [-0.3, -0.25) is 0 Å². The molecule has 0 aliphatic carbocycles. The molecule has 6 heteroatoms. The number of imidazole rings is 1. The summed E-state index contributed by atoms with van der Waals surface area (Å²) in [6.45, 7) is 5.55. The molecule has 0 bridgehead atoms. The molecule has 0 spiro atoms. The fraction of sp³-hybridized carbons (Fsp3) is 0.318. The van der Waals surface area contributed by atoms with Crippen LogP contribution in [0, 0.1) is 0 Å². The second-order valence-corrected chi connectivity index (χ2v) is 6.95. The summed E-state index contributed by atoms with van der Waals surface area (Å²) in [5.74, 6) is 1.68. The average molecular weight is 376 g/mol. The summed E-state index contributed by atoms with van der Waals surface area (Å²) < 4.78 is 13.1. The SMILES string of the molecule is COc1ccc(-c2nc3nc4ccccc4nc3n2CCCOC(C)C)cc1. The van der Waals surface area contributed by atoms with E-state index in [0.717, 1.165) is 46.8 Å². The van der Waals surface area contributed by atoms with Crippen LogP contribution in [0.5, 0.6) is 5.75 Å². The average Bonchev–Trinajstić information content (AvgIpc) is 3.06. The van der Waals surface area contributed by atoms with E-state index in [1.807, 2.05) is 62.4 Å². The Balaban J connectivity index is 1.78. The van der Waals surface area contributed by atoms with Gasteiger partial charge in [-0.2, -0.15) is 0 Å². The number of para-hydroxylation sites is 2. The van der Waals surface area contributed by atoms with Crippen LogP contribution < -0.4 is 4.74 Å². The Morgan fingerprint density at radius 3 is 2.32 bits per heavy atom. The maximum Gasteiger partial charge on any atom is 0.198 e. The van der Waals surface area contributed by atoms with Crippen molar-refractivity contribution in [3.05, 3.63) is 48.5 Å². The topological polar surface area (TPSA) is 62.1 Å². The Kier molecular flexibility index (Phi) is 5.21. The highest BCUT2D eigenvalue weighted by Crippen LogP contribution is 2.26. The van der Waals surface area contributed by atoms with Gasteiger partial charge in [-0.05, 0) is 56.7 Å². The number of fused-ring (bicyclic) bond motifs is 2. The largest absolute Gasteiger partial charge is 0.497 e. The molecule has 2 aromatic carbocycles. The van der Waals surface area contributed by atoms with E-state index in [1.54, 1.807) is 7.11 Å². The maximum atomic E-state index is 5.71. The van der Waals surface area contributed by atoms with Gasteiger partial charge in [0.1, 0.15) is 11.6 Å². The lowest BCUT2D eigenvalue weighted by atomic mass is 10.2. The molecule has 2 heterocycles. The van der Waals surface area contributed by atoms with Crippen LogP contribution in [0.4, 0.5) is 0 Å². The van der Waals surface area contributed by atoms with Crippen molar-refractivity contribution in [2.45, 2.75) is 32.9 Å². The maximum absolute atomic E-state index is 5.71. The van der Waals surface area contributed by atoms with Crippen LogP contribution >= 0.6 is 0 Å². The standard InChI is InChI=1S/C22H24N4O2/c1-15(2)28-14-6-13-26-21(16-9-11-17(27-3)12-10-16)25-20-22(26)24-19-8-5-4-7-18(19)23-20/h4-5,7-12,15H,6,13-14H2,1-3H3. The van der Waals surface area contributed by atoms with Crippen LogP contribution in [0.25, 0.3) is 33.7 Å². The zero-order valence-corrected chi connectivity index (χ0v) is 16.4. The van der Waals surface area contributed by atoms with E-state index >= 15 is 0 Å². The minimum Gasteiger partial charge on any atom is -0.497 e. The molecule has 0 radical (unpaired) electrons. The van der Waals surface area contributed by atoms with Crippen LogP contribution in [0.1, 0.15) is 20.3 Å².